The van der Waals surface area contributed by atoms with Crippen LogP contribution < -0.4 is 4.74 Å². The Morgan fingerprint density at radius 1 is 1.35 bits per heavy atom. The fourth-order valence-electron chi connectivity index (χ4n) is 1.14. The van der Waals surface area contributed by atoms with E-state index in [-0.39, 0.29) is 29.0 Å². The van der Waals surface area contributed by atoms with E-state index in [4.69, 9.17) is 37.8 Å². The lowest BCUT2D eigenvalue weighted by Gasteiger charge is -2.10. The molecule has 17 heavy (non-hydrogen) atoms. The molecule has 0 heterocycles. The summed E-state index contributed by atoms with van der Waals surface area (Å²) in [4.78, 5) is 11.1. The van der Waals surface area contributed by atoms with Gasteiger partial charge in [-0.2, -0.15) is 0 Å². The molecule has 0 spiro atoms. The van der Waals surface area contributed by atoms with Gasteiger partial charge in [0.25, 0.3) is 0 Å². The van der Waals surface area contributed by atoms with Crippen molar-refractivity contribution < 1.29 is 19.4 Å². The third-order valence-corrected chi connectivity index (χ3v) is 2.85. The number of hydrogen-bond acceptors (Lipinski definition) is 4. The normalized spacial score (nSPS) is 10.1. The third-order valence-electron chi connectivity index (χ3n) is 1.95. The van der Waals surface area contributed by atoms with Crippen molar-refractivity contribution in [2.24, 2.45) is 0 Å². The van der Waals surface area contributed by atoms with E-state index in [9.17, 15) is 4.79 Å². The van der Waals surface area contributed by atoms with Crippen LogP contribution in [0.25, 0.3) is 0 Å². The van der Waals surface area contributed by atoms with E-state index in [1.54, 1.807) is 19.1 Å². The van der Waals surface area contributed by atoms with Gasteiger partial charge in [-0.15, -0.1) is 0 Å². The van der Waals surface area contributed by atoms with E-state index >= 15 is 0 Å². The number of carbonyl (C=O) groups is 1. The molecule has 0 atom stereocenters. The molecule has 0 unspecified atom stereocenters. The summed E-state index contributed by atoms with van der Waals surface area (Å²) < 4.78 is 9.86. The van der Waals surface area contributed by atoms with Crippen molar-refractivity contribution in [2.45, 2.75) is 13.5 Å². The van der Waals surface area contributed by atoms with Crippen LogP contribution in [0.1, 0.15) is 12.5 Å². The number of rotatable bonds is 5. The maximum Gasteiger partial charge on any atom is 0.344 e. The molecule has 1 N–H and O–H groups in total. The second-order valence-electron chi connectivity index (χ2n) is 3.10. The highest BCUT2D eigenvalue weighted by atomic mass is 35.5. The largest absolute Gasteiger partial charge is 0.480 e. The van der Waals surface area contributed by atoms with Crippen LogP contribution in [-0.2, 0) is 16.1 Å². The minimum absolute atomic E-state index is 0.169. The monoisotopic (exact) mass is 278 g/mol. The van der Waals surface area contributed by atoms with E-state index in [1.165, 1.54) is 0 Å². The third kappa shape index (κ3) is 3.77. The Balaban J connectivity index is 2.73. The average Bonchev–Trinajstić information content (AvgIpc) is 2.31. The van der Waals surface area contributed by atoms with Crippen LogP contribution in [0.4, 0.5) is 0 Å². The number of aliphatic hydroxyl groups excluding tert-OH is 1. The number of esters is 1. The summed E-state index contributed by atoms with van der Waals surface area (Å²) >= 11 is 11.8. The minimum Gasteiger partial charge on any atom is -0.480 e. The molecule has 1 aromatic carbocycles. The number of carbonyl (C=O) groups excluding carboxylic acids is 1. The van der Waals surface area contributed by atoms with Gasteiger partial charge < -0.3 is 14.6 Å². The van der Waals surface area contributed by atoms with Gasteiger partial charge in [-0.25, -0.2) is 4.79 Å². The molecular weight excluding hydrogens is 267 g/mol. The van der Waals surface area contributed by atoms with Crippen molar-refractivity contribution in [1.82, 2.24) is 0 Å². The van der Waals surface area contributed by atoms with Crippen LogP contribution >= 0.6 is 23.2 Å². The molecule has 1 aromatic rings. The second kappa shape index (κ2) is 6.69. The maximum absolute atomic E-state index is 11.1. The van der Waals surface area contributed by atoms with Crippen LogP contribution in [-0.4, -0.2) is 24.3 Å². The van der Waals surface area contributed by atoms with Gasteiger partial charge in [0.15, 0.2) is 6.61 Å². The molecule has 1 rings (SSSR count). The molecule has 6 heteroatoms. The van der Waals surface area contributed by atoms with E-state index in [0.717, 1.165) is 0 Å². The van der Waals surface area contributed by atoms with E-state index in [0.29, 0.717) is 12.2 Å². The molecule has 0 saturated carbocycles. The number of aliphatic hydroxyl groups is 1. The molecule has 94 valence electrons. The Morgan fingerprint density at radius 2 is 2.06 bits per heavy atom. The highest BCUT2D eigenvalue weighted by Gasteiger charge is 2.12. The molecule has 0 fully saturated rings. The van der Waals surface area contributed by atoms with Crippen LogP contribution in [0.2, 0.25) is 10.0 Å². The Bertz CT molecular complexity index is 407. The number of benzene rings is 1. The van der Waals surface area contributed by atoms with Crippen molar-refractivity contribution >= 4 is 29.2 Å². The first kappa shape index (κ1) is 14.1. The lowest BCUT2D eigenvalue weighted by Crippen LogP contribution is -2.14. The molecule has 0 aromatic heterocycles. The first-order valence-electron chi connectivity index (χ1n) is 4.96. The zero-order chi connectivity index (χ0) is 12.8. The van der Waals surface area contributed by atoms with E-state index < -0.39 is 5.97 Å². The lowest BCUT2D eigenvalue weighted by molar-refractivity contribution is -0.145. The molecule has 0 aliphatic rings. The zero-order valence-electron chi connectivity index (χ0n) is 9.20. The number of ether oxygens (including phenoxy) is 2. The summed E-state index contributed by atoms with van der Waals surface area (Å²) in [5, 5.41) is 9.35. The smallest absolute Gasteiger partial charge is 0.344 e. The topological polar surface area (TPSA) is 55.8 Å². The Hall–Kier alpha value is -0.970. The molecule has 0 aliphatic heterocycles. The van der Waals surface area contributed by atoms with Crippen LogP contribution in [0.15, 0.2) is 12.1 Å². The molecule has 4 nitrogen and oxygen atoms in total. The van der Waals surface area contributed by atoms with Crippen LogP contribution in [0.3, 0.4) is 0 Å². The quantitative estimate of drug-likeness (QED) is 0.841. The summed E-state index contributed by atoms with van der Waals surface area (Å²) in [7, 11) is 0. The van der Waals surface area contributed by atoms with Gasteiger partial charge in [0.05, 0.1) is 18.2 Å². The van der Waals surface area contributed by atoms with Gasteiger partial charge in [-0.05, 0) is 18.6 Å². The molecule has 0 aliphatic carbocycles. The van der Waals surface area contributed by atoms with E-state index in [2.05, 4.69) is 0 Å². The summed E-state index contributed by atoms with van der Waals surface area (Å²) in [6, 6.07) is 3.12. The summed E-state index contributed by atoms with van der Waals surface area (Å²) in [6.07, 6.45) is 0. The van der Waals surface area contributed by atoms with Crippen LogP contribution in [0.5, 0.6) is 5.75 Å². The number of halogens is 2. The van der Waals surface area contributed by atoms with Crippen molar-refractivity contribution in [3.63, 3.8) is 0 Å². The molecule has 0 bridgehead atoms. The molecular formula is C11H12Cl2O4. The van der Waals surface area contributed by atoms with Gasteiger partial charge in [0, 0.05) is 0 Å². The highest BCUT2D eigenvalue weighted by molar-refractivity contribution is 6.43. The maximum atomic E-state index is 11.1. The van der Waals surface area contributed by atoms with Gasteiger partial charge in [0.1, 0.15) is 10.8 Å². The fourth-order valence-corrected chi connectivity index (χ4v) is 1.60. The van der Waals surface area contributed by atoms with Crippen molar-refractivity contribution in [2.75, 3.05) is 13.2 Å². The van der Waals surface area contributed by atoms with Gasteiger partial charge in [0.2, 0.25) is 0 Å². The lowest BCUT2D eigenvalue weighted by atomic mass is 10.2. The van der Waals surface area contributed by atoms with Crippen molar-refractivity contribution in [3.05, 3.63) is 27.7 Å². The summed E-state index contributed by atoms with van der Waals surface area (Å²) in [6.45, 7) is 1.55. The van der Waals surface area contributed by atoms with Crippen molar-refractivity contribution in [1.29, 1.82) is 0 Å². The van der Waals surface area contributed by atoms with Gasteiger partial charge in [-0.3, -0.25) is 0 Å². The SMILES string of the molecule is CCOC(=O)COc1ccc(CO)c(Cl)c1Cl. The predicted octanol–water partition coefficient (Wildman–Crippen LogP) is 2.43. The minimum atomic E-state index is -0.481. The Kier molecular flexibility index (Phi) is 5.55. The molecule has 0 saturated heterocycles. The summed E-state index contributed by atoms with van der Waals surface area (Å²) in [5.41, 5.74) is 0.500. The first-order chi connectivity index (χ1) is 8.10. The molecule has 0 amide bonds. The van der Waals surface area contributed by atoms with E-state index in [1.807, 2.05) is 0 Å². The fraction of sp³-hybridized carbons (Fsp3) is 0.364. The van der Waals surface area contributed by atoms with Crippen molar-refractivity contribution in [3.8, 4) is 5.75 Å². The summed E-state index contributed by atoms with van der Waals surface area (Å²) in [5.74, 6) is -0.201. The Morgan fingerprint density at radius 3 is 2.65 bits per heavy atom. The van der Waals surface area contributed by atoms with Crippen LogP contribution in [0, 0.1) is 0 Å². The Labute approximate surface area is 109 Å². The van der Waals surface area contributed by atoms with Gasteiger partial charge >= 0.3 is 5.97 Å². The number of hydrogen-bond donors (Lipinski definition) is 1. The highest BCUT2D eigenvalue weighted by Crippen LogP contribution is 2.34. The zero-order valence-corrected chi connectivity index (χ0v) is 10.7. The predicted molar refractivity (Wildman–Crippen MR) is 64.5 cm³/mol. The first-order valence-corrected chi connectivity index (χ1v) is 5.71. The van der Waals surface area contributed by atoms with Gasteiger partial charge in [-0.1, -0.05) is 29.3 Å². The average molecular weight is 279 g/mol. The second-order valence-corrected chi connectivity index (χ2v) is 3.86. The standard InChI is InChI=1S/C11H12Cl2O4/c1-2-16-9(15)6-17-8-4-3-7(5-14)10(12)11(8)13/h3-4,14H,2,5-6H2,1H3. The molecule has 0 radical (unpaired) electrons.